The minimum atomic E-state index is 0.00894. The monoisotopic (exact) mass is 307 g/mol. The highest BCUT2D eigenvalue weighted by Gasteiger charge is 2.44. The van der Waals surface area contributed by atoms with Crippen molar-refractivity contribution in [1.82, 2.24) is 5.32 Å². The molecule has 1 saturated heterocycles. The van der Waals surface area contributed by atoms with E-state index in [2.05, 4.69) is 32.2 Å². The third kappa shape index (κ3) is 3.28. The zero-order valence-electron chi connectivity index (χ0n) is 13.3. The number of rotatable bonds is 1. The summed E-state index contributed by atoms with van der Waals surface area (Å²) < 4.78 is 6.64. The van der Waals surface area contributed by atoms with E-state index in [0.717, 1.165) is 24.4 Å². The number of benzene rings is 1. The average Bonchev–Trinajstić information content (AvgIpc) is 2.45. The first-order valence-electron chi connectivity index (χ1n) is 8.06. The van der Waals surface area contributed by atoms with Crippen molar-refractivity contribution in [1.29, 1.82) is 0 Å². The van der Waals surface area contributed by atoms with Crippen LogP contribution in [-0.2, 0) is 4.74 Å². The van der Waals surface area contributed by atoms with E-state index < -0.39 is 0 Å². The molecule has 2 atom stereocenters. The van der Waals surface area contributed by atoms with Crippen molar-refractivity contribution in [2.24, 2.45) is 5.41 Å². The van der Waals surface area contributed by atoms with Gasteiger partial charge in [-0.2, -0.15) is 0 Å². The van der Waals surface area contributed by atoms with Crippen LogP contribution < -0.4 is 5.32 Å². The Morgan fingerprint density at radius 2 is 1.90 bits per heavy atom. The van der Waals surface area contributed by atoms with Crippen LogP contribution in [-0.4, -0.2) is 18.2 Å². The predicted molar refractivity (Wildman–Crippen MR) is 87.7 cm³/mol. The second-order valence-corrected chi connectivity index (χ2v) is 8.05. The fourth-order valence-electron chi connectivity index (χ4n) is 3.58. The first kappa shape index (κ1) is 15.3. The third-order valence-electron chi connectivity index (χ3n) is 5.27. The van der Waals surface area contributed by atoms with Gasteiger partial charge >= 0.3 is 0 Å². The summed E-state index contributed by atoms with van der Waals surface area (Å²) in [4.78, 5) is 0. The maximum atomic E-state index is 6.64. The molecule has 2 nitrogen and oxygen atoms in total. The summed E-state index contributed by atoms with van der Waals surface area (Å²) in [5.41, 5.74) is 1.66. The third-order valence-corrected chi connectivity index (χ3v) is 5.50. The van der Waals surface area contributed by atoms with E-state index in [1.54, 1.807) is 0 Å². The Kier molecular flexibility index (Phi) is 4.06. The highest BCUT2D eigenvalue weighted by Crippen LogP contribution is 2.45. The van der Waals surface area contributed by atoms with Crippen molar-refractivity contribution in [3.63, 3.8) is 0 Å². The van der Waals surface area contributed by atoms with Gasteiger partial charge in [-0.15, -0.1) is 0 Å². The van der Waals surface area contributed by atoms with Crippen LogP contribution in [0.4, 0.5) is 0 Å². The maximum absolute atomic E-state index is 6.64. The molecule has 1 saturated carbocycles. The van der Waals surface area contributed by atoms with Gasteiger partial charge in [0.1, 0.15) is 0 Å². The highest BCUT2D eigenvalue weighted by molar-refractivity contribution is 6.30. The van der Waals surface area contributed by atoms with E-state index in [0.29, 0.717) is 11.5 Å². The standard InChI is InChI=1S/C18H26ClNO/c1-13-16(14-5-4-6-15(19)11-14)21-18(12-20-13)9-7-17(2,3)8-10-18/h4-6,11,13,16,20H,7-10,12H2,1-3H3. The minimum Gasteiger partial charge on any atom is -0.364 e. The lowest BCUT2D eigenvalue weighted by atomic mass is 9.70. The molecule has 2 unspecified atom stereocenters. The zero-order valence-corrected chi connectivity index (χ0v) is 14.0. The van der Waals surface area contributed by atoms with Gasteiger partial charge in [-0.1, -0.05) is 37.6 Å². The van der Waals surface area contributed by atoms with Crippen LogP contribution >= 0.6 is 11.6 Å². The molecule has 21 heavy (non-hydrogen) atoms. The van der Waals surface area contributed by atoms with E-state index in [1.807, 2.05) is 18.2 Å². The van der Waals surface area contributed by atoms with Gasteiger partial charge in [0.05, 0.1) is 11.7 Å². The highest BCUT2D eigenvalue weighted by atomic mass is 35.5. The molecule has 0 radical (unpaired) electrons. The zero-order chi connectivity index (χ0) is 15.1. The number of nitrogens with one attached hydrogen (secondary N) is 1. The van der Waals surface area contributed by atoms with Gasteiger partial charge in [0.15, 0.2) is 0 Å². The average molecular weight is 308 g/mol. The van der Waals surface area contributed by atoms with Crippen LogP contribution in [0.25, 0.3) is 0 Å². The van der Waals surface area contributed by atoms with Crippen LogP contribution in [0.15, 0.2) is 24.3 Å². The molecule has 116 valence electrons. The van der Waals surface area contributed by atoms with Gasteiger partial charge < -0.3 is 10.1 Å². The van der Waals surface area contributed by atoms with Crippen molar-refractivity contribution in [2.75, 3.05) is 6.54 Å². The lowest BCUT2D eigenvalue weighted by Crippen LogP contribution is -2.56. The topological polar surface area (TPSA) is 21.3 Å². The first-order chi connectivity index (χ1) is 9.89. The molecule has 1 N–H and O–H groups in total. The van der Waals surface area contributed by atoms with Crippen molar-refractivity contribution < 1.29 is 4.74 Å². The van der Waals surface area contributed by atoms with Crippen LogP contribution in [0.3, 0.4) is 0 Å². The molecule has 0 aromatic heterocycles. The minimum absolute atomic E-state index is 0.00894. The molecule has 2 aliphatic rings. The molecule has 2 fully saturated rings. The Morgan fingerprint density at radius 1 is 1.19 bits per heavy atom. The summed E-state index contributed by atoms with van der Waals surface area (Å²) in [7, 11) is 0. The Labute approximate surface area is 133 Å². The normalized spacial score (nSPS) is 31.2. The molecule has 1 aromatic carbocycles. The van der Waals surface area contributed by atoms with Crippen molar-refractivity contribution in [3.8, 4) is 0 Å². The van der Waals surface area contributed by atoms with Crippen molar-refractivity contribution in [3.05, 3.63) is 34.9 Å². The van der Waals surface area contributed by atoms with Gasteiger partial charge in [0, 0.05) is 17.6 Å². The van der Waals surface area contributed by atoms with Gasteiger partial charge in [-0.3, -0.25) is 0 Å². The molecular weight excluding hydrogens is 282 g/mol. The SMILES string of the molecule is CC1NCC2(CCC(C)(C)CC2)OC1c1cccc(Cl)c1. The molecule has 3 rings (SSSR count). The van der Waals surface area contributed by atoms with Crippen molar-refractivity contribution >= 4 is 11.6 Å². The molecule has 0 bridgehead atoms. The predicted octanol–water partition coefficient (Wildman–Crippen LogP) is 4.73. The lowest BCUT2D eigenvalue weighted by molar-refractivity contribution is -0.161. The summed E-state index contributed by atoms with van der Waals surface area (Å²) >= 11 is 6.15. The molecule has 1 spiro atoms. The van der Waals surface area contributed by atoms with E-state index >= 15 is 0 Å². The van der Waals surface area contributed by atoms with E-state index in [-0.39, 0.29) is 11.7 Å². The Hall–Kier alpha value is -0.570. The maximum Gasteiger partial charge on any atom is 0.0983 e. The smallest absolute Gasteiger partial charge is 0.0983 e. The molecular formula is C18H26ClNO. The first-order valence-corrected chi connectivity index (χ1v) is 8.44. The fourth-order valence-corrected chi connectivity index (χ4v) is 3.78. The number of hydrogen-bond acceptors (Lipinski definition) is 2. The second kappa shape index (κ2) is 5.57. The largest absolute Gasteiger partial charge is 0.364 e. The molecule has 1 heterocycles. The summed E-state index contributed by atoms with van der Waals surface area (Å²) in [5, 5.41) is 4.45. The Balaban J connectivity index is 1.79. The number of ether oxygens (including phenoxy) is 1. The second-order valence-electron chi connectivity index (χ2n) is 7.61. The van der Waals surface area contributed by atoms with Gasteiger partial charge in [-0.05, 0) is 55.7 Å². The molecule has 1 aliphatic heterocycles. The van der Waals surface area contributed by atoms with Crippen LogP contribution in [0.5, 0.6) is 0 Å². The van der Waals surface area contributed by atoms with Crippen LogP contribution in [0, 0.1) is 5.41 Å². The summed E-state index contributed by atoms with van der Waals surface area (Å²) in [6.07, 6.45) is 4.88. The Morgan fingerprint density at radius 3 is 2.57 bits per heavy atom. The van der Waals surface area contributed by atoms with E-state index in [1.165, 1.54) is 18.4 Å². The Bertz CT molecular complexity index is 504. The van der Waals surface area contributed by atoms with Gasteiger partial charge in [0.2, 0.25) is 0 Å². The van der Waals surface area contributed by atoms with E-state index in [4.69, 9.17) is 16.3 Å². The molecule has 1 aliphatic carbocycles. The lowest BCUT2D eigenvalue weighted by Gasteiger charge is -2.50. The number of morpholine rings is 1. The van der Waals surface area contributed by atoms with Crippen molar-refractivity contribution in [2.45, 2.75) is 64.2 Å². The number of hydrogen-bond donors (Lipinski definition) is 1. The quantitative estimate of drug-likeness (QED) is 0.810. The summed E-state index contributed by atoms with van der Waals surface area (Å²) in [6.45, 7) is 7.91. The van der Waals surface area contributed by atoms with Gasteiger partial charge in [0.25, 0.3) is 0 Å². The molecule has 3 heteroatoms. The fraction of sp³-hybridized carbons (Fsp3) is 0.667. The molecule has 1 aromatic rings. The van der Waals surface area contributed by atoms with Crippen LogP contribution in [0.2, 0.25) is 5.02 Å². The summed E-state index contributed by atoms with van der Waals surface area (Å²) in [5.74, 6) is 0. The van der Waals surface area contributed by atoms with E-state index in [9.17, 15) is 0 Å². The molecule has 0 amide bonds. The van der Waals surface area contributed by atoms with Crippen LogP contribution in [0.1, 0.15) is 58.1 Å². The number of halogens is 1. The summed E-state index contributed by atoms with van der Waals surface area (Å²) in [6, 6.07) is 8.42. The van der Waals surface area contributed by atoms with Gasteiger partial charge in [-0.25, -0.2) is 0 Å².